The summed E-state index contributed by atoms with van der Waals surface area (Å²) >= 11 is 0. The second-order valence-electron chi connectivity index (χ2n) is 8.79. The SMILES string of the molecule is CC1(C)CCC[C@@]2(C)C[C@H](CC(=O)NCCO)[C@@](C)(O)C[C@@H]12. The highest BCUT2D eigenvalue weighted by atomic mass is 16.3. The molecule has 2 aliphatic rings. The van der Waals surface area contributed by atoms with E-state index in [-0.39, 0.29) is 29.3 Å². The van der Waals surface area contributed by atoms with E-state index < -0.39 is 5.60 Å². The van der Waals surface area contributed by atoms with Gasteiger partial charge in [0.15, 0.2) is 0 Å². The van der Waals surface area contributed by atoms with Gasteiger partial charge in [-0.2, -0.15) is 0 Å². The van der Waals surface area contributed by atoms with Gasteiger partial charge in [-0.05, 0) is 55.3 Å². The van der Waals surface area contributed by atoms with E-state index in [4.69, 9.17) is 5.11 Å². The molecule has 0 radical (unpaired) electrons. The summed E-state index contributed by atoms with van der Waals surface area (Å²) in [6.45, 7) is 9.17. The summed E-state index contributed by atoms with van der Waals surface area (Å²) in [5, 5.41) is 22.5. The second kappa shape index (κ2) is 6.12. The third kappa shape index (κ3) is 3.48. The van der Waals surface area contributed by atoms with Crippen molar-refractivity contribution in [2.24, 2.45) is 22.7 Å². The molecule has 3 N–H and O–H groups in total. The molecule has 2 fully saturated rings. The van der Waals surface area contributed by atoms with Gasteiger partial charge in [0.05, 0.1) is 12.2 Å². The average molecular weight is 311 g/mol. The summed E-state index contributed by atoms with van der Waals surface area (Å²) in [5.74, 6) is 0.457. The second-order valence-corrected chi connectivity index (χ2v) is 8.79. The lowest BCUT2D eigenvalue weighted by Gasteiger charge is -2.59. The molecule has 128 valence electrons. The summed E-state index contributed by atoms with van der Waals surface area (Å²) in [6.07, 6.45) is 5.73. The van der Waals surface area contributed by atoms with Crippen molar-refractivity contribution < 1.29 is 15.0 Å². The predicted octanol–water partition coefficient (Wildman–Crippen LogP) is 2.48. The van der Waals surface area contributed by atoms with Crippen LogP contribution in [0.5, 0.6) is 0 Å². The van der Waals surface area contributed by atoms with E-state index >= 15 is 0 Å². The molecular weight excluding hydrogens is 278 g/mol. The van der Waals surface area contributed by atoms with Crippen molar-refractivity contribution in [2.45, 2.75) is 71.8 Å². The van der Waals surface area contributed by atoms with Gasteiger partial charge in [0.25, 0.3) is 0 Å². The molecule has 0 heterocycles. The molecule has 0 aromatic carbocycles. The topological polar surface area (TPSA) is 69.6 Å². The number of aliphatic hydroxyl groups excluding tert-OH is 1. The van der Waals surface area contributed by atoms with E-state index in [1.807, 2.05) is 6.92 Å². The Kier molecular flexibility index (Phi) is 4.94. The minimum Gasteiger partial charge on any atom is -0.395 e. The van der Waals surface area contributed by atoms with Crippen LogP contribution in [0.2, 0.25) is 0 Å². The van der Waals surface area contributed by atoms with E-state index in [0.717, 1.165) is 12.8 Å². The maximum atomic E-state index is 12.0. The number of rotatable bonds is 4. The molecule has 0 spiro atoms. The largest absolute Gasteiger partial charge is 0.395 e. The molecule has 2 aliphatic carbocycles. The lowest BCUT2D eigenvalue weighted by molar-refractivity contribution is -0.154. The predicted molar refractivity (Wildman–Crippen MR) is 87.3 cm³/mol. The molecule has 4 nitrogen and oxygen atoms in total. The number of nitrogens with one attached hydrogen (secondary N) is 1. The first kappa shape index (κ1) is 17.7. The van der Waals surface area contributed by atoms with Crippen LogP contribution in [0, 0.1) is 22.7 Å². The average Bonchev–Trinajstić information content (AvgIpc) is 2.39. The van der Waals surface area contributed by atoms with E-state index in [9.17, 15) is 9.90 Å². The number of amides is 1. The Morgan fingerprint density at radius 3 is 2.50 bits per heavy atom. The van der Waals surface area contributed by atoms with Crippen LogP contribution in [-0.4, -0.2) is 34.9 Å². The molecule has 4 atom stereocenters. The fourth-order valence-electron chi connectivity index (χ4n) is 5.15. The Labute approximate surface area is 134 Å². The van der Waals surface area contributed by atoms with Gasteiger partial charge >= 0.3 is 0 Å². The summed E-state index contributed by atoms with van der Waals surface area (Å²) < 4.78 is 0. The first-order valence-electron chi connectivity index (χ1n) is 8.71. The van der Waals surface area contributed by atoms with Crippen LogP contribution >= 0.6 is 0 Å². The molecule has 0 aliphatic heterocycles. The normalized spacial score (nSPS) is 40.8. The standard InChI is InChI=1S/C18H33NO3/c1-16(2)6-5-7-17(3)11-13(10-15(21)19-8-9-20)18(4,22)12-14(16)17/h13-14,20,22H,5-12H2,1-4H3,(H,19,21)/t13-,14-,17-,18-/m0/s1. The van der Waals surface area contributed by atoms with Gasteiger partial charge in [-0.1, -0.05) is 27.2 Å². The maximum Gasteiger partial charge on any atom is 0.220 e. The van der Waals surface area contributed by atoms with Crippen LogP contribution in [0.4, 0.5) is 0 Å². The number of carbonyl (C=O) groups is 1. The fourth-order valence-corrected chi connectivity index (χ4v) is 5.15. The van der Waals surface area contributed by atoms with Crippen LogP contribution in [-0.2, 0) is 4.79 Å². The van der Waals surface area contributed by atoms with Crippen molar-refractivity contribution in [1.29, 1.82) is 0 Å². The summed E-state index contributed by atoms with van der Waals surface area (Å²) in [7, 11) is 0. The molecule has 0 unspecified atom stereocenters. The van der Waals surface area contributed by atoms with Gasteiger partial charge in [-0.25, -0.2) is 0 Å². The van der Waals surface area contributed by atoms with Crippen LogP contribution < -0.4 is 5.32 Å². The summed E-state index contributed by atoms with van der Waals surface area (Å²) in [6, 6.07) is 0. The third-order valence-electron chi connectivity index (χ3n) is 6.43. The summed E-state index contributed by atoms with van der Waals surface area (Å²) in [5.41, 5.74) is -0.289. The smallest absolute Gasteiger partial charge is 0.220 e. The molecule has 4 heteroatoms. The van der Waals surface area contributed by atoms with Crippen molar-refractivity contribution in [3.8, 4) is 0 Å². The molecule has 22 heavy (non-hydrogen) atoms. The number of hydrogen-bond acceptors (Lipinski definition) is 3. The van der Waals surface area contributed by atoms with Crippen molar-refractivity contribution in [3.63, 3.8) is 0 Å². The van der Waals surface area contributed by atoms with Crippen LogP contribution in [0.15, 0.2) is 0 Å². The van der Waals surface area contributed by atoms with Crippen molar-refractivity contribution in [3.05, 3.63) is 0 Å². The zero-order valence-corrected chi connectivity index (χ0v) is 14.6. The van der Waals surface area contributed by atoms with Gasteiger partial charge < -0.3 is 15.5 Å². The monoisotopic (exact) mass is 311 g/mol. The first-order valence-corrected chi connectivity index (χ1v) is 8.71. The molecule has 0 saturated heterocycles. The van der Waals surface area contributed by atoms with E-state index in [1.54, 1.807) is 0 Å². The Bertz CT molecular complexity index is 419. The minimum atomic E-state index is -0.782. The zero-order chi connectivity index (χ0) is 16.6. The van der Waals surface area contributed by atoms with Gasteiger partial charge in [-0.15, -0.1) is 0 Å². The molecule has 2 rings (SSSR count). The molecule has 0 bridgehead atoms. The summed E-state index contributed by atoms with van der Waals surface area (Å²) in [4.78, 5) is 12.0. The van der Waals surface area contributed by atoms with Crippen molar-refractivity contribution >= 4 is 5.91 Å². The Balaban J connectivity index is 2.13. The van der Waals surface area contributed by atoms with Crippen molar-refractivity contribution in [2.75, 3.05) is 13.2 Å². The van der Waals surface area contributed by atoms with Crippen LogP contribution in [0.1, 0.15) is 66.2 Å². The number of aliphatic hydroxyl groups is 2. The number of fused-ring (bicyclic) bond motifs is 1. The molecule has 2 saturated carbocycles. The Morgan fingerprint density at radius 2 is 1.86 bits per heavy atom. The first-order chi connectivity index (χ1) is 10.1. The maximum absolute atomic E-state index is 12.0. The lowest BCUT2D eigenvalue weighted by atomic mass is 9.47. The van der Waals surface area contributed by atoms with Crippen molar-refractivity contribution in [1.82, 2.24) is 5.32 Å². The van der Waals surface area contributed by atoms with E-state index in [2.05, 4.69) is 26.1 Å². The third-order valence-corrected chi connectivity index (χ3v) is 6.43. The van der Waals surface area contributed by atoms with E-state index in [1.165, 1.54) is 19.3 Å². The zero-order valence-electron chi connectivity index (χ0n) is 14.6. The van der Waals surface area contributed by atoms with Gasteiger partial charge in [-0.3, -0.25) is 4.79 Å². The minimum absolute atomic E-state index is 0.00124. The molecule has 1 amide bonds. The van der Waals surface area contributed by atoms with Gasteiger partial charge in [0.2, 0.25) is 5.91 Å². The number of carbonyl (C=O) groups excluding carboxylic acids is 1. The highest BCUT2D eigenvalue weighted by molar-refractivity contribution is 5.76. The van der Waals surface area contributed by atoms with Gasteiger partial charge in [0.1, 0.15) is 0 Å². The molecular formula is C18H33NO3. The Morgan fingerprint density at radius 1 is 1.18 bits per heavy atom. The van der Waals surface area contributed by atoms with E-state index in [0.29, 0.717) is 18.9 Å². The highest BCUT2D eigenvalue weighted by Crippen LogP contribution is 2.61. The Hall–Kier alpha value is -0.610. The highest BCUT2D eigenvalue weighted by Gasteiger charge is 2.55. The van der Waals surface area contributed by atoms with Crippen LogP contribution in [0.25, 0.3) is 0 Å². The van der Waals surface area contributed by atoms with Crippen LogP contribution in [0.3, 0.4) is 0 Å². The molecule has 0 aromatic rings. The van der Waals surface area contributed by atoms with Gasteiger partial charge in [0, 0.05) is 13.0 Å². The fraction of sp³-hybridized carbons (Fsp3) is 0.944. The quantitative estimate of drug-likeness (QED) is 0.747. The number of hydrogen-bond donors (Lipinski definition) is 3. The lowest BCUT2D eigenvalue weighted by Crippen LogP contribution is -2.55. The molecule has 0 aromatic heterocycles.